The fourth-order valence-corrected chi connectivity index (χ4v) is 2.74. The molecule has 0 amide bonds. The number of anilines is 1. The molecular weight excluding hydrogens is 260 g/mol. The molecule has 1 heterocycles. The Hall–Kier alpha value is -2.47. The van der Waals surface area contributed by atoms with Gasteiger partial charge in [0.2, 0.25) is 0 Å². The number of hydrogen-bond donors (Lipinski definition) is 1. The van der Waals surface area contributed by atoms with Gasteiger partial charge in [-0.1, -0.05) is 25.1 Å². The third kappa shape index (κ3) is 2.71. The van der Waals surface area contributed by atoms with E-state index in [1.807, 2.05) is 24.3 Å². The number of para-hydroxylation sites is 1. The van der Waals surface area contributed by atoms with Gasteiger partial charge < -0.3 is 10.1 Å². The van der Waals surface area contributed by atoms with Crippen LogP contribution in [-0.2, 0) is 6.42 Å². The first-order chi connectivity index (χ1) is 10.3. The predicted octanol–water partition coefficient (Wildman–Crippen LogP) is 4.06. The van der Waals surface area contributed by atoms with Crippen molar-refractivity contribution in [2.75, 3.05) is 11.9 Å². The third-order valence-corrected chi connectivity index (χ3v) is 3.90. The molecule has 0 spiro atoms. The molecule has 1 aliphatic heterocycles. The van der Waals surface area contributed by atoms with Crippen molar-refractivity contribution in [2.45, 2.75) is 25.8 Å². The summed E-state index contributed by atoms with van der Waals surface area (Å²) in [5, 5.41) is 12.7. The highest BCUT2D eigenvalue weighted by atomic mass is 16.5. The highest BCUT2D eigenvalue weighted by Crippen LogP contribution is 2.31. The molecule has 0 fully saturated rings. The van der Waals surface area contributed by atoms with Gasteiger partial charge in [0.1, 0.15) is 11.8 Å². The second-order valence-electron chi connectivity index (χ2n) is 5.23. The first-order valence-electron chi connectivity index (χ1n) is 7.33. The largest absolute Gasteiger partial charge is 0.493 e. The van der Waals surface area contributed by atoms with Crippen LogP contribution in [0.5, 0.6) is 5.75 Å². The normalized spacial score (nSPS) is 13.9. The zero-order chi connectivity index (χ0) is 14.7. The number of hydrogen-bond acceptors (Lipinski definition) is 3. The molecule has 21 heavy (non-hydrogen) atoms. The fraction of sp³-hybridized carbons (Fsp3) is 0.278. The minimum Gasteiger partial charge on any atom is -0.493 e. The van der Waals surface area contributed by atoms with Gasteiger partial charge in [-0.2, -0.15) is 5.26 Å². The zero-order valence-electron chi connectivity index (χ0n) is 12.1. The second-order valence-corrected chi connectivity index (χ2v) is 5.23. The molecule has 1 unspecified atom stereocenters. The summed E-state index contributed by atoms with van der Waals surface area (Å²) in [6, 6.07) is 16.5. The molecule has 0 aliphatic carbocycles. The van der Waals surface area contributed by atoms with E-state index < -0.39 is 0 Å². The molecule has 3 nitrogen and oxygen atoms in total. The Morgan fingerprint density at radius 1 is 1.29 bits per heavy atom. The Morgan fingerprint density at radius 2 is 2.14 bits per heavy atom. The van der Waals surface area contributed by atoms with Crippen LogP contribution in [-0.4, -0.2) is 6.61 Å². The molecular formula is C18H18N2O. The average Bonchev–Trinajstić information content (AvgIpc) is 3.00. The van der Waals surface area contributed by atoms with E-state index in [2.05, 4.69) is 36.5 Å². The Balaban J connectivity index is 1.87. The van der Waals surface area contributed by atoms with E-state index in [1.165, 1.54) is 11.1 Å². The number of fused-ring (bicyclic) bond motifs is 1. The van der Waals surface area contributed by atoms with Gasteiger partial charge in [0.05, 0.1) is 23.9 Å². The van der Waals surface area contributed by atoms with Gasteiger partial charge in [-0.25, -0.2) is 0 Å². The van der Waals surface area contributed by atoms with Gasteiger partial charge >= 0.3 is 0 Å². The lowest BCUT2D eigenvalue weighted by Gasteiger charge is -2.20. The first-order valence-corrected chi connectivity index (χ1v) is 7.33. The lowest BCUT2D eigenvalue weighted by Crippen LogP contribution is -2.10. The quantitative estimate of drug-likeness (QED) is 0.917. The lowest BCUT2D eigenvalue weighted by atomic mass is 10.00. The second kappa shape index (κ2) is 5.88. The van der Waals surface area contributed by atoms with Gasteiger partial charge in [-0.15, -0.1) is 0 Å². The van der Waals surface area contributed by atoms with E-state index in [1.54, 1.807) is 0 Å². The number of rotatable bonds is 4. The van der Waals surface area contributed by atoms with Crippen molar-refractivity contribution in [3.8, 4) is 11.8 Å². The molecule has 3 rings (SSSR count). The Morgan fingerprint density at radius 3 is 2.95 bits per heavy atom. The summed E-state index contributed by atoms with van der Waals surface area (Å²) in [4.78, 5) is 0. The number of ether oxygens (including phenoxy) is 1. The molecule has 106 valence electrons. The lowest BCUT2D eigenvalue weighted by molar-refractivity contribution is 0.357. The van der Waals surface area contributed by atoms with Crippen LogP contribution in [0.4, 0.5) is 5.69 Å². The molecule has 2 aromatic rings. The Bertz CT molecular complexity index is 688. The minimum absolute atomic E-state index is 0.199. The van der Waals surface area contributed by atoms with Gasteiger partial charge in [0.15, 0.2) is 0 Å². The van der Waals surface area contributed by atoms with E-state index in [0.717, 1.165) is 30.9 Å². The third-order valence-electron chi connectivity index (χ3n) is 3.90. The molecule has 0 saturated carbocycles. The fourth-order valence-electron chi connectivity index (χ4n) is 2.74. The van der Waals surface area contributed by atoms with Crippen LogP contribution in [0.2, 0.25) is 0 Å². The van der Waals surface area contributed by atoms with E-state index >= 15 is 0 Å². The summed E-state index contributed by atoms with van der Waals surface area (Å²) >= 11 is 0. The summed E-state index contributed by atoms with van der Waals surface area (Å²) in [5.74, 6) is 1.01. The van der Waals surface area contributed by atoms with Crippen LogP contribution in [0.25, 0.3) is 0 Å². The van der Waals surface area contributed by atoms with E-state index in [-0.39, 0.29) is 6.04 Å². The molecule has 2 aromatic carbocycles. The maximum absolute atomic E-state index is 9.19. The topological polar surface area (TPSA) is 45.0 Å². The zero-order valence-corrected chi connectivity index (χ0v) is 12.1. The summed E-state index contributed by atoms with van der Waals surface area (Å²) in [7, 11) is 0. The minimum atomic E-state index is 0.199. The van der Waals surface area contributed by atoms with Crippen molar-refractivity contribution in [3.05, 3.63) is 59.2 Å². The molecule has 1 atom stereocenters. The van der Waals surface area contributed by atoms with Crippen LogP contribution in [0, 0.1) is 11.3 Å². The van der Waals surface area contributed by atoms with Gasteiger partial charge in [0, 0.05) is 6.42 Å². The molecule has 0 aromatic heterocycles. The van der Waals surface area contributed by atoms with Crippen LogP contribution >= 0.6 is 0 Å². The highest BCUT2D eigenvalue weighted by molar-refractivity contribution is 5.58. The van der Waals surface area contributed by atoms with E-state index in [4.69, 9.17) is 4.74 Å². The summed E-state index contributed by atoms with van der Waals surface area (Å²) in [6.45, 7) is 2.93. The highest BCUT2D eigenvalue weighted by Gasteiger charge is 2.16. The molecule has 0 bridgehead atoms. The predicted molar refractivity (Wildman–Crippen MR) is 83.5 cm³/mol. The Labute approximate surface area is 125 Å². The smallest absolute Gasteiger partial charge is 0.122 e. The first kappa shape index (κ1) is 13.5. The summed E-state index contributed by atoms with van der Waals surface area (Å²) < 4.78 is 5.56. The van der Waals surface area contributed by atoms with Crippen molar-refractivity contribution in [2.24, 2.45) is 0 Å². The maximum Gasteiger partial charge on any atom is 0.122 e. The molecule has 1 aliphatic rings. The number of nitrogens with one attached hydrogen (secondary N) is 1. The standard InChI is InChI=1S/C18H18N2O/c1-2-16(20-17-6-4-3-5-15(17)12-19)13-7-8-18-14(11-13)9-10-21-18/h3-8,11,16,20H,2,9-10H2,1H3. The van der Waals surface area contributed by atoms with E-state index in [9.17, 15) is 5.26 Å². The molecule has 1 N–H and O–H groups in total. The van der Waals surface area contributed by atoms with Gasteiger partial charge in [0.25, 0.3) is 0 Å². The van der Waals surface area contributed by atoms with Crippen LogP contribution in [0.15, 0.2) is 42.5 Å². The molecule has 3 heteroatoms. The van der Waals surface area contributed by atoms with Crippen molar-refractivity contribution in [3.63, 3.8) is 0 Å². The van der Waals surface area contributed by atoms with Gasteiger partial charge in [-0.3, -0.25) is 0 Å². The number of nitriles is 1. The van der Waals surface area contributed by atoms with E-state index in [0.29, 0.717) is 5.56 Å². The average molecular weight is 278 g/mol. The van der Waals surface area contributed by atoms with Crippen molar-refractivity contribution in [1.82, 2.24) is 0 Å². The molecule has 0 saturated heterocycles. The SMILES string of the molecule is CCC(Nc1ccccc1C#N)c1ccc2c(c1)CCO2. The van der Waals surface area contributed by atoms with Crippen LogP contribution < -0.4 is 10.1 Å². The van der Waals surface area contributed by atoms with Gasteiger partial charge in [-0.05, 0) is 41.8 Å². The van der Waals surface area contributed by atoms with Crippen LogP contribution in [0.3, 0.4) is 0 Å². The number of benzene rings is 2. The molecule has 0 radical (unpaired) electrons. The maximum atomic E-state index is 9.19. The monoisotopic (exact) mass is 278 g/mol. The van der Waals surface area contributed by atoms with Crippen molar-refractivity contribution >= 4 is 5.69 Å². The summed E-state index contributed by atoms with van der Waals surface area (Å²) in [6.07, 6.45) is 1.94. The number of nitrogens with zero attached hydrogens (tertiary/aromatic N) is 1. The van der Waals surface area contributed by atoms with Crippen molar-refractivity contribution < 1.29 is 4.74 Å². The van der Waals surface area contributed by atoms with Crippen molar-refractivity contribution in [1.29, 1.82) is 5.26 Å². The van der Waals surface area contributed by atoms with Crippen LogP contribution in [0.1, 0.15) is 36.1 Å². The Kier molecular flexibility index (Phi) is 3.79. The summed E-state index contributed by atoms with van der Waals surface area (Å²) in [5.41, 5.74) is 4.10.